The van der Waals surface area contributed by atoms with E-state index in [4.69, 9.17) is 4.74 Å². The number of carbonyl (C=O) groups excluding carboxylic acids is 1. The zero-order valence-corrected chi connectivity index (χ0v) is 14.2. The summed E-state index contributed by atoms with van der Waals surface area (Å²) in [4.78, 5) is 14.4. The molecular weight excluding hydrogens is 292 g/mol. The van der Waals surface area contributed by atoms with Crippen molar-refractivity contribution >= 4 is 6.09 Å². The van der Waals surface area contributed by atoms with Gasteiger partial charge >= 0.3 is 6.09 Å². The third-order valence-electron chi connectivity index (χ3n) is 4.54. The van der Waals surface area contributed by atoms with E-state index in [1.807, 2.05) is 37.8 Å². The molecule has 0 aliphatic carbocycles. The molecule has 1 N–H and O–H groups in total. The second kappa shape index (κ2) is 6.43. The quantitative estimate of drug-likeness (QED) is 0.927. The summed E-state index contributed by atoms with van der Waals surface area (Å²) in [6, 6.07) is 4.89. The summed E-state index contributed by atoms with van der Waals surface area (Å²) in [5, 5.41) is 11.6. The van der Waals surface area contributed by atoms with Crippen molar-refractivity contribution in [2.45, 2.75) is 76.7 Å². The zero-order chi connectivity index (χ0) is 16.4. The van der Waals surface area contributed by atoms with Gasteiger partial charge in [0.05, 0.1) is 5.69 Å². The fourth-order valence-corrected chi connectivity index (χ4v) is 3.63. The van der Waals surface area contributed by atoms with Crippen LogP contribution in [0.4, 0.5) is 4.79 Å². The summed E-state index contributed by atoms with van der Waals surface area (Å²) >= 11 is 0. The van der Waals surface area contributed by atoms with Crippen molar-refractivity contribution in [2.75, 3.05) is 0 Å². The van der Waals surface area contributed by atoms with E-state index < -0.39 is 5.60 Å². The Morgan fingerprint density at radius 3 is 2.61 bits per heavy atom. The van der Waals surface area contributed by atoms with E-state index in [0.717, 1.165) is 37.9 Å². The van der Waals surface area contributed by atoms with E-state index in [1.165, 1.54) is 0 Å². The summed E-state index contributed by atoms with van der Waals surface area (Å²) in [5.41, 5.74) is 0.520. The average Bonchev–Trinajstić information content (AvgIpc) is 2.76. The molecule has 3 rings (SSSR count). The van der Waals surface area contributed by atoms with Gasteiger partial charge in [-0.15, -0.1) is 0 Å². The van der Waals surface area contributed by atoms with Crippen LogP contribution < -0.4 is 5.32 Å². The van der Waals surface area contributed by atoms with Crippen LogP contribution in [0, 0.1) is 0 Å². The lowest BCUT2D eigenvalue weighted by Crippen LogP contribution is -2.52. The summed E-state index contributed by atoms with van der Waals surface area (Å²) in [5.74, 6) is 0. The Hall–Kier alpha value is -1.69. The minimum Gasteiger partial charge on any atom is -0.444 e. The summed E-state index contributed by atoms with van der Waals surface area (Å²) < 4.78 is 5.57. The molecule has 1 amide bonds. The third kappa shape index (κ3) is 3.99. The molecule has 23 heavy (non-hydrogen) atoms. The SMILES string of the molecule is CC(C)(C)OC(=O)N1C2CCC1CC(NCc1cccnn1)C2. The zero-order valence-electron chi connectivity index (χ0n) is 14.2. The Morgan fingerprint density at radius 2 is 2.04 bits per heavy atom. The standard InChI is InChI=1S/C17H26N4O2/c1-17(2,3)23-16(22)21-14-6-7-15(21)10-13(9-14)18-11-12-5-4-8-19-20-12/h4-5,8,13-15,18H,6-7,9-11H2,1-3H3. The topological polar surface area (TPSA) is 67.3 Å². The van der Waals surface area contributed by atoms with Crippen LogP contribution in [-0.4, -0.2) is 44.9 Å². The van der Waals surface area contributed by atoms with Crippen LogP contribution in [0.2, 0.25) is 0 Å². The van der Waals surface area contributed by atoms with Gasteiger partial charge in [0.2, 0.25) is 0 Å². The van der Waals surface area contributed by atoms with Gasteiger partial charge in [0.1, 0.15) is 5.60 Å². The van der Waals surface area contributed by atoms with Crippen molar-refractivity contribution in [3.05, 3.63) is 24.0 Å². The first-order valence-corrected chi connectivity index (χ1v) is 8.43. The molecule has 0 spiro atoms. The largest absolute Gasteiger partial charge is 0.444 e. The highest BCUT2D eigenvalue weighted by molar-refractivity contribution is 5.69. The first kappa shape index (κ1) is 16.2. The van der Waals surface area contributed by atoms with Crippen LogP contribution in [0.25, 0.3) is 0 Å². The number of hydrogen-bond acceptors (Lipinski definition) is 5. The summed E-state index contributed by atoms with van der Waals surface area (Å²) in [7, 11) is 0. The number of rotatable bonds is 3. The van der Waals surface area contributed by atoms with Crippen molar-refractivity contribution in [2.24, 2.45) is 0 Å². The minimum atomic E-state index is -0.433. The molecule has 2 bridgehead atoms. The molecule has 2 atom stereocenters. The lowest BCUT2D eigenvalue weighted by Gasteiger charge is -2.39. The first-order valence-electron chi connectivity index (χ1n) is 8.43. The van der Waals surface area contributed by atoms with Gasteiger partial charge < -0.3 is 15.0 Å². The Balaban J connectivity index is 1.55. The Kier molecular flexibility index (Phi) is 4.53. The highest BCUT2D eigenvalue weighted by Crippen LogP contribution is 2.36. The molecule has 0 radical (unpaired) electrons. The monoisotopic (exact) mass is 318 g/mol. The molecule has 2 aliphatic rings. The number of carbonyl (C=O) groups is 1. The van der Waals surface area contributed by atoms with Gasteiger partial charge in [-0.2, -0.15) is 10.2 Å². The molecule has 0 saturated carbocycles. The maximum atomic E-state index is 12.4. The lowest BCUT2D eigenvalue weighted by molar-refractivity contribution is 0.00464. The fraction of sp³-hybridized carbons (Fsp3) is 0.706. The van der Waals surface area contributed by atoms with Gasteiger partial charge in [0.25, 0.3) is 0 Å². The fourth-order valence-electron chi connectivity index (χ4n) is 3.63. The van der Waals surface area contributed by atoms with Gasteiger partial charge in [-0.05, 0) is 58.6 Å². The third-order valence-corrected chi connectivity index (χ3v) is 4.54. The molecule has 6 nitrogen and oxygen atoms in total. The Bertz CT molecular complexity index is 529. The number of ether oxygens (including phenoxy) is 1. The minimum absolute atomic E-state index is 0.155. The molecule has 2 fully saturated rings. The van der Waals surface area contributed by atoms with Gasteiger partial charge in [-0.25, -0.2) is 4.79 Å². The molecule has 1 aromatic rings. The molecule has 2 unspecified atom stereocenters. The summed E-state index contributed by atoms with van der Waals surface area (Å²) in [6.45, 7) is 6.48. The molecule has 126 valence electrons. The number of nitrogens with one attached hydrogen (secondary N) is 1. The first-order chi connectivity index (χ1) is 10.9. The number of aromatic nitrogens is 2. The van der Waals surface area contributed by atoms with Gasteiger partial charge in [0.15, 0.2) is 0 Å². The Labute approximate surface area is 137 Å². The molecular formula is C17H26N4O2. The van der Waals surface area contributed by atoms with Crippen LogP contribution >= 0.6 is 0 Å². The van der Waals surface area contributed by atoms with E-state index in [0.29, 0.717) is 18.1 Å². The van der Waals surface area contributed by atoms with E-state index in [9.17, 15) is 4.79 Å². The maximum Gasteiger partial charge on any atom is 0.410 e. The number of amides is 1. The summed E-state index contributed by atoms with van der Waals surface area (Å²) in [6.07, 6.45) is 5.65. The highest BCUT2D eigenvalue weighted by atomic mass is 16.6. The number of fused-ring (bicyclic) bond motifs is 2. The van der Waals surface area contributed by atoms with Crippen LogP contribution in [0.1, 0.15) is 52.1 Å². The molecule has 2 aliphatic heterocycles. The average molecular weight is 318 g/mol. The second-order valence-electron chi connectivity index (χ2n) is 7.54. The lowest BCUT2D eigenvalue weighted by atomic mass is 9.97. The Morgan fingerprint density at radius 1 is 1.35 bits per heavy atom. The number of hydrogen-bond donors (Lipinski definition) is 1. The van der Waals surface area contributed by atoms with E-state index in [1.54, 1.807) is 6.20 Å². The smallest absolute Gasteiger partial charge is 0.410 e. The van der Waals surface area contributed by atoms with Crippen molar-refractivity contribution in [1.29, 1.82) is 0 Å². The molecule has 1 aromatic heterocycles. The molecule has 6 heteroatoms. The van der Waals surface area contributed by atoms with Crippen LogP contribution in [0.15, 0.2) is 18.3 Å². The van der Waals surface area contributed by atoms with Crippen molar-refractivity contribution in [3.8, 4) is 0 Å². The van der Waals surface area contributed by atoms with Crippen molar-refractivity contribution < 1.29 is 9.53 Å². The van der Waals surface area contributed by atoms with Crippen LogP contribution in [0.3, 0.4) is 0 Å². The van der Waals surface area contributed by atoms with Gasteiger partial charge in [-0.3, -0.25) is 0 Å². The predicted molar refractivity (Wildman–Crippen MR) is 86.8 cm³/mol. The highest BCUT2D eigenvalue weighted by Gasteiger charge is 2.44. The second-order valence-corrected chi connectivity index (χ2v) is 7.54. The predicted octanol–water partition coefficient (Wildman–Crippen LogP) is 2.50. The van der Waals surface area contributed by atoms with Gasteiger partial charge in [0, 0.05) is 30.9 Å². The van der Waals surface area contributed by atoms with E-state index in [2.05, 4.69) is 15.5 Å². The molecule has 0 aromatic carbocycles. The van der Waals surface area contributed by atoms with E-state index >= 15 is 0 Å². The van der Waals surface area contributed by atoms with Crippen LogP contribution in [0.5, 0.6) is 0 Å². The molecule has 2 saturated heterocycles. The van der Waals surface area contributed by atoms with Crippen molar-refractivity contribution in [3.63, 3.8) is 0 Å². The molecule has 3 heterocycles. The van der Waals surface area contributed by atoms with E-state index in [-0.39, 0.29) is 6.09 Å². The van der Waals surface area contributed by atoms with Crippen LogP contribution in [-0.2, 0) is 11.3 Å². The van der Waals surface area contributed by atoms with Gasteiger partial charge in [-0.1, -0.05) is 0 Å². The normalized spacial score (nSPS) is 27.1. The number of piperidine rings is 1. The maximum absolute atomic E-state index is 12.4. The number of nitrogens with zero attached hydrogens (tertiary/aromatic N) is 3. The van der Waals surface area contributed by atoms with Crippen molar-refractivity contribution in [1.82, 2.24) is 20.4 Å².